The molecule has 4 nitrogen and oxygen atoms in total. The largest absolute Gasteiger partial charge is 0.490 e. The lowest BCUT2D eigenvalue weighted by atomic mass is 10.4. The van der Waals surface area contributed by atoms with E-state index in [9.17, 15) is 17.6 Å². The second-order valence-electron chi connectivity index (χ2n) is 2.33. The van der Waals surface area contributed by atoms with E-state index < -0.39 is 18.1 Å². The summed E-state index contributed by atoms with van der Waals surface area (Å²) in [7, 11) is 0. The number of hydrogen-bond donors (Lipinski definition) is 2. The molecule has 0 amide bonds. The summed E-state index contributed by atoms with van der Waals surface area (Å²) in [4.78, 5) is 12.2. The second-order valence-corrected chi connectivity index (χ2v) is 3.49. The summed E-state index contributed by atoms with van der Waals surface area (Å²) in [6, 6.07) is 1.29. The average Bonchev–Trinajstić information content (AvgIpc) is 2.11. The molecule has 0 aliphatic carbocycles. The minimum atomic E-state index is -5.08. The van der Waals surface area contributed by atoms with Crippen molar-refractivity contribution in [2.24, 2.45) is 0 Å². The van der Waals surface area contributed by atoms with Crippen molar-refractivity contribution in [3.05, 3.63) is 21.8 Å². The van der Waals surface area contributed by atoms with Gasteiger partial charge in [-0.25, -0.2) is 9.78 Å². The number of carbonyl (C=O) groups is 1. The van der Waals surface area contributed by atoms with E-state index >= 15 is 0 Å². The van der Waals surface area contributed by atoms with Gasteiger partial charge in [0.25, 0.3) is 0 Å². The number of nitrogens with two attached hydrogens (primary N) is 1. The third-order valence-corrected chi connectivity index (χ3v) is 2.03. The van der Waals surface area contributed by atoms with Crippen molar-refractivity contribution in [1.29, 1.82) is 0 Å². The quantitative estimate of drug-likeness (QED) is 0.426. The van der Waals surface area contributed by atoms with Crippen LogP contribution in [0.25, 0.3) is 0 Å². The van der Waals surface area contributed by atoms with Gasteiger partial charge in [0.15, 0.2) is 0 Å². The van der Waals surface area contributed by atoms with Crippen LogP contribution in [0.5, 0.6) is 0 Å². The van der Waals surface area contributed by atoms with Crippen LogP contribution in [0.15, 0.2) is 12.3 Å². The minimum Gasteiger partial charge on any atom is -0.475 e. The number of nitrogens with zero attached hydrogens (tertiary/aromatic N) is 1. The van der Waals surface area contributed by atoms with Crippen LogP contribution in [0.2, 0.25) is 0 Å². The van der Waals surface area contributed by atoms with E-state index in [1.54, 1.807) is 0 Å². The predicted molar refractivity (Wildman–Crippen MR) is 55.0 cm³/mol. The number of alkyl halides is 3. The van der Waals surface area contributed by atoms with Crippen LogP contribution in [0.4, 0.5) is 23.2 Å². The molecule has 1 aromatic rings. The van der Waals surface area contributed by atoms with Crippen molar-refractivity contribution >= 4 is 34.2 Å². The number of aromatic nitrogens is 1. The molecule has 0 saturated carbocycles. The number of carboxylic acids is 1. The molecule has 90 valence electrons. The number of nitrogen functional groups attached to an aromatic ring is 1. The Kier molecular flexibility index (Phi) is 5.41. The lowest BCUT2D eigenvalue weighted by molar-refractivity contribution is -0.192. The lowest BCUT2D eigenvalue weighted by Gasteiger charge is -1.93. The molecule has 0 unspecified atom stereocenters. The number of carboxylic acid groups (broad SMARTS) is 1. The number of rotatable bonds is 0. The molecular formula is C7H5F4IN2O2. The Balaban J connectivity index is 0.000000293. The minimum absolute atomic E-state index is 0.492. The Labute approximate surface area is 101 Å². The Bertz CT molecular complexity index is 383. The molecular weight excluding hydrogens is 347 g/mol. The van der Waals surface area contributed by atoms with Crippen molar-refractivity contribution in [2.45, 2.75) is 6.18 Å². The molecule has 0 fully saturated rings. The number of pyridine rings is 1. The maximum Gasteiger partial charge on any atom is 0.490 e. The van der Waals surface area contributed by atoms with E-state index in [2.05, 4.69) is 4.98 Å². The van der Waals surface area contributed by atoms with E-state index in [-0.39, 0.29) is 0 Å². The molecule has 9 heteroatoms. The first kappa shape index (κ1) is 14.9. The van der Waals surface area contributed by atoms with Gasteiger partial charge in [0.2, 0.25) is 5.95 Å². The summed E-state index contributed by atoms with van der Waals surface area (Å²) in [5.74, 6) is -3.25. The molecule has 3 N–H and O–H groups in total. The summed E-state index contributed by atoms with van der Waals surface area (Å²) in [6.07, 6.45) is -3.78. The highest BCUT2D eigenvalue weighted by atomic mass is 127. The number of anilines is 1. The summed E-state index contributed by atoms with van der Waals surface area (Å²) in [5, 5.41) is 7.12. The zero-order valence-electron chi connectivity index (χ0n) is 7.42. The zero-order chi connectivity index (χ0) is 12.9. The van der Waals surface area contributed by atoms with Crippen molar-refractivity contribution in [3.8, 4) is 0 Å². The molecule has 0 saturated heterocycles. The molecule has 0 aromatic carbocycles. The van der Waals surface area contributed by atoms with E-state index in [1.165, 1.54) is 12.3 Å². The van der Waals surface area contributed by atoms with Gasteiger partial charge >= 0.3 is 12.1 Å². The average molecular weight is 352 g/mol. The summed E-state index contributed by atoms with van der Waals surface area (Å²) >= 11 is 1.94. The first-order valence-electron chi connectivity index (χ1n) is 3.51. The van der Waals surface area contributed by atoms with Gasteiger partial charge in [0.05, 0.1) is 11.9 Å². The highest BCUT2D eigenvalue weighted by Gasteiger charge is 2.38. The molecule has 16 heavy (non-hydrogen) atoms. The fourth-order valence-electron chi connectivity index (χ4n) is 0.418. The number of halogens is 5. The van der Waals surface area contributed by atoms with Gasteiger partial charge in [-0.15, -0.1) is 0 Å². The van der Waals surface area contributed by atoms with Crippen LogP contribution >= 0.6 is 22.6 Å². The Morgan fingerprint density at radius 1 is 1.50 bits per heavy atom. The topological polar surface area (TPSA) is 76.2 Å². The number of hydrogen-bond acceptors (Lipinski definition) is 3. The van der Waals surface area contributed by atoms with Crippen LogP contribution in [-0.4, -0.2) is 22.2 Å². The standard InChI is InChI=1S/C5H4FIN2.C2HF3O2/c6-5-1-3(7)4(8)2-9-5;3-2(4,5)1(6)7/h1-2H,8H2;(H,6,7). The smallest absolute Gasteiger partial charge is 0.475 e. The Hall–Kier alpha value is -1.13. The maximum atomic E-state index is 12.2. The molecule has 1 rings (SSSR count). The second kappa shape index (κ2) is 5.82. The van der Waals surface area contributed by atoms with Gasteiger partial charge < -0.3 is 10.8 Å². The van der Waals surface area contributed by atoms with Crippen LogP contribution in [0.1, 0.15) is 0 Å². The van der Waals surface area contributed by atoms with E-state index in [0.717, 1.165) is 0 Å². The summed E-state index contributed by atoms with van der Waals surface area (Å²) < 4.78 is 44.6. The van der Waals surface area contributed by atoms with Gasteiger partial charge in [-0.05, 0) is 22.6 Å². The molecule has 0 aliphatic heterocycles. The van der Waals surface area contributed by atoms with Crippen LogP contribution in [-0.2, 0) is 4.79 Å². The summed E-state index contributed by atoms with van der Waals surface area (Å²) in [5.41, 5.74) is 5.86. The van der Waals surface area contributed by atoms with Crippen LogP contribution < -0.4 is 5.73 Å². The van der Waals surface area contributed by atoms with Gasteiger partial charge in [0.1, 0.15) is 0 Å². The molecule has 0 radical (unpaired) electrons. The zero-order valence-corrected chi connectivity index (χ0v) is 9.58. The predicted octanol–water partition coefficient (Wildman–Crippen LogP) is 2.04. The summed E-state index contributed by atoms with van der Waals surface area (Å²) in [6.45, 7) is 0. The van der Waals surface area contributed by atoms with Crippen LogP contribution in [0.3, 0.4) is 0 Å². The van der Waals surface area contributed by atoms with Crippen molar-refractivity contribution in [2.75, 3.05) is 5.73 Å². The fraction of sp³-hybridized carbons (Fsp3) is 0.143. The molecule has 0 bridgehead atoms. The molecule has 1 heterocycles. The van der Waals surface area contributed by atoms with E-state index in [1.807, 2.05) is 22.6 Å². The first-order chi connectivity index (χ1) is 7.14. The SMILES string of the molecule is Nc1cnc(F)cc1I.O=C(O)C(F)(F)F. The third-order valence-electron chi connectivity index (χ3n) is 1.09. The monoisotopic (exact) mass is 352 g/mol. The molecule has 0 atom stereocenters. The number of aliphatic carboxylic acids is 1. The molecule has 0 aliphatic rings. The van der Waals surface area contributed by atoms with Gasteiger partial charge in [-0.1, -0.05) is 0 Å². The van der Waals surface area contributed by atoms with Gasteiger partial charge in [-0.2, -0.15) is 17.6 Å². The van der Waals surface area contributed by atoms with Crippen molar-refractivity contribution < 1.29 is 27.5 Å². The van der Waals surface area contributed by atoms with Gasteiger partial charge in [-0.3, -0.25) is 0 Å². The molecule has 0 spiro atoms. The lowest BCUT2D eigenvalue weighted by Crippen LogP contribution is -2.21. The highest BCUT2D eigenvalue weighted by molar-refractivity contribution is 14.1. The first-order valence-corrected chi connectivity index (χ1v) is 4.59. The Morgan fingerprint density at radius 2 is 1.94 bits per heavy atom. The Morgan fingerprint density at radius 3 is 2.19 bits per heavy atom. The van der Waals surface area contributed by atoms with E-state index in [4.69, 9.17) is 15.6 Å². The van der Waals surface area contributed by atoms with Crippen LogP contribution in [0, 0.1) is 9.52 Å². The van der Waals surface area contributed by atoms with Gasteiger partial charge in [0, 0.05) is 9.64 Å². The third kappa shape index (κ3) is 5.68. The molecule has 1 aromatic heterocycles. The van der Waals surface area contributed by atoms with E-state index in [0.29, 0.717) is 9.26 Å². The van der Waals surface area contributed by atoms with Crippen molar-refractivity contribution in [1.82, 2.24) is 4.98 Å². The van der Waals surface area contributed by atoms with Crippen molar-refractivity contribution in [3.63, 3.8) is 0 Å². The maximum absolute atomic E-state index is 12.2. The fourth-order valence-corrected chi connectivity index (χ4v) is 0.814. The normalized spacial score (nSPS) is 10.3. The highest BCUT2D eigenvalue weighted by Crippen LogP contribution is 2.13.